The summed E-state index contributed by atoms with van der Waals surface area (Å²) < 4.78 is 7.70. The van der Waals surface area contributed by atoms with Crippen LogP contribution in [0.5, 0.6) is 0 Å². The van der Waals surface area contributed by atoms with Gasteiger partial charge < -0.3 is 24.6 Å². The molecule has 2 rings (SSSR count). The van der Waals surface area contributed by atoms with Gasteiger partial charge >= 0.3 is 0 Å². The maximum atomic E-state index is 10.1. The van der Waals surface area contributed by atoms with Gasteiger partial charge in [0, 0.05) is 38.6 Å². The smallest absolute Gasteiger partial charge is 0.194 e. The zero-order chi connectivity index (χ0) is 18.9. The van der Waals surface area contributed by atoms with Crippen molar-refractivity contribution in [2.24, 2.45) is 16.8 Å². The summed E-state index contributed by atoms with van der Waals surface area (Å²) in [5, 5.41) is 13.5. The molecule has 1 saturated heterocycles. The Morgan fingerprint density at radius 2 is 2.23 bits per heavy atom. The fourth-order valence-electron chi connectivity index (χ4n) is 3.21. The molecule has 1 fully saturated rings. The number of aromatic nitrogens is 2. The summed E-state index contributed by atoms with van der Waals surface area (Å²) in [6, 6.07) is 0.384. The van der Waals surface area contributed by atoms with Gasteiger partial charge in [0.25, 0.3) is 0 Å². The molecular weight excluding hydrogens is 330 g/mol. The van der Waals surface area contributed by atoms with Gasteiger partial charge in [0.1, 0.15) is 0 Å². The first-order valence-corrected chi connectivity index (χ1v) is 9.77. The minimum atomic E-state index is -0.574. The molecule has 1 aromatic rings. The van der Waals surface area contributed by atoms with Crippen LogP contribution in [0.2, 0.25) is 0 Å². The van der Waals surface area contributed by atoms with Gasteiger partial charge in [-0.15, -0.1) is 0 Å². The van der Waals surface area contributed by atoms with Crippen molar-refractivity contribution in [3.63, 3.8) is 0 Å². The number of rotatable bonds is 8. The van der Waals surface area contributed by atoms with E-state index in [4.69, 9.17) is 4.74 Å². The predicted octanol–water partition coefficient (Wildman–Crippen LogP) is 1.77. The van der Waals surface area contributed by atoms with E-state index in [9.17, 15) is 5.11 Å². The number of guanidine groups is 1. The second kappa shape index (κ2) is 10.5. The molecule has 1 aliphatic rings. The van der Waals surface area contributed by atoms with E-state index in [1.807, 2.05) is 18.7 Å². The third kappa shape index (κ3) is 6.29. The molecule has 0 spiro atoms. The average Bonchev–Trinajstić information content (AvgIpc) is 3.13. The molecular formula is C19H35N5O2. The van der Waals surface area contributed by atoms with Crippen LogP contribution in [-0.2, 0) is 4.74 Å². The largest absolute Gasteiger partial charge is 0.389 e. The lowest BCUT2D eigenvalue weighted by atomic mass is 9.93. The van der Waals surface area contributed by atoms with Crippen molar-refractivity contribution in [2.45, 2.75) is 46.3 Å². The lowest BCUT2D eigenvalue weighted by Crippen LogP contribution is -2.49. The van der Waals surface area contributed by atoms with Crippen molar-refractivity contribution in [2.75, 3.05) is 39.4 Å². The van der Waals surface area contributed by atoms with Crippen molar-refractivity contribution in [3.8, 4) is 0 Å². The average molecular weight is 366 g/mol. The van der Waals surface area contributed by atoms with Gasteiger partial charge in [0.15, 0.2) is 5.96 Å². The number of hydrogen-bond donors (Lipinski definition) is 2. The van der Waals surface area contributed by atoms with Gasteiger partial charge in [-0.05, 0) is 25.2 Å². The second-order valence-corrected chi connectivity index (χ2v) is 7.57. The molecule has 0 aromatic carbocycles. The first-order valence-electron chi connectivity index (χ1n) is 9.77. The van der Waals surface area contributed by atoms with Crippen molar-refractivity contribution in [1.82, 2.24) is 19.8 Å². The van der Waals surface area contributed by atoms with Crippen LogP contribution in [0.15, 0.2) is 23.7 Å². The molecule has 7 nitrogen and oxygen atoms in total. The normalized spacial score (nSPS) is 22.7. The third-order valence-electron chi connectivity index (χ3n) is 4.67. The summed E-state index contributed by atoms with van der Waals surface area (Å²) in [7, 11) is 0. The van der Waals surface area contributed by atoms with Crippen LogP contribution < -0.4 is 5.32 Å². The molecule has 1 aromatic heterocycles. The highest BCUT2D eigenvalue weighted by Gasteiger charge is 2.28. The Kier molecular flexibility index (Phi) is 8.38. The molecule has 0 amide bonds. The fourth-order valence-corrected chi connectivity index (χ4v) is 3.21. The number of aliphatic imine (C=N–C) groups is 1. The summed E-state index contributed by atoms with van der Waals surface area (Å²) >= 11 is 0. The first kappa shape index (κ1) is 20.7. The molecule has 2 N–H and O–H groups in total. The number of aliphatic hydroxyl groups excluding tert-OH is 1. The highest BCUT2D eigenvalue weighted by molar-refractivity contribution is 5.80. The van der Waals surface area contributed by atoms with Gasteiger partial charge in [0.2, 0.25) is 0 Å². The predicted molar refractivity (Wildman–Crippen MR) is 104 cm³/mol. The zero-order valence-corrected chi connectivity index (χ0v) is 16.6. The highest BCUT2D eigenvalue weighted by atomic mass is 16.5. The topological polar surface area (TPSA) is 74.9 Å². The SMILES string of the molecule is CCNC(=NCC(O)COCC(C)C)N1CCC(C)C(n2ccnc2)C1. The minimum absolute atomic E-state index is 0.329. The number of aliphatic hydroxyl groups is 1. The van der Waals surface area contributed by atoms with E-state index < -0.39 is 6.10 Å². The number of piperidine rings is 1. The van der Waals surface area contributed by atoms with E-state index in [0.29, 0.717) is 37.6 Å². The lowest BCUT2D eigenvalue weighted by Gasteiger charge is -2.39. The van der Waals surface area contributed by atoms with Crippen molar-refractivity contribution < 1.29 is 9.84 Å². The first-order chi connectivity index (χ1) is 12.5. The van der Waals surface area contributed by atoms with Crippen LogP contribution in [0.25, 0.3) is 0 Å². The molecule has 2 heterocycles. The second-order valence-electron chi connectivity index (χ2n) is 7.57. The minimum Gasteiger partial charge on any atom is -0.389 e. The summed E-state index contributed by atoms with van der Waals surface area (Å²) in [6.07, 6.45) is 6.29. The Hall–Kier alpha value is -1.60. The molecule has 26 heavy (non-hydrogen) atoms. The van der Waals surface area contributed by atoms with Crippen LogP contribution in [0.3, 0.4) is 0 Å². The molecule has 3 atom stereocenters. The van der Waals surface area contributed by atoms with E-state index in [1.54, 1.807) is 0 Å². The van der Waals surface area contributed by atoms with Crippen molar-refractivity contribution in [3.05, 3.63) is 18.7 Å². The molecule has 7 heteroatoms. The number of hydrogen-bond acceptors (Lipinski definition) is 4. The highest BCUT2D eigenvalue weighted by Crippen LogP contribution is 2.27. The summed E-state index contributed by atoms with van der Waals surface area (Å²) in [6.45, 7) is 12.6. The lowest BCUT2D eigenvalue weighted by molar-refractivity contribution is 0.0300. The Morgan fingerprint density at radius 3 is 2.88 bits per heavy atom. The van der Waals surface area contributed by atoms with Crippen LogP contribution in [0, 0.1) is 11.8 Å². The van der Waals surface area contributed by atoms with E-state index in [-0.39, 0.29) is 0 Å². The van der Waals surface area contributed by atoms with Gasteiger partial charge in [-0.3, -0.25) is 4.99 Å². The number of ether oxygens (including phenoxy) is 1. The van der Waals surface area contributed by atoms with Crippen molar-refractivity contribution >= 4 is 5.96 Å². The Morgan fingerprint density at radius 1 is 1.42 bits per heavy atom. The van der Waals surface area contributed by atoms with E-state index >= 15 is 0 Å². The molecule has 3 unspecified atom stereocenters. The van der Waals surface area contributed by atoms with E-state index in [0.717, 1.165) is 32.0 Å². The molecule has 0 bridgehead atoms. The fraction of sp³-hybridized carbons (Fsp3) is 0.789. The Balaban J connectivity index is 1.94. The van der Waals surface area contributed by atoms with Gasteiger partial charge in [-0.25, -0.2) is 4.98 Å². The molecule has 0 saturated carbocycles. The van der Waals surface area contributed by atoms with Gasteiger partial charge in [-0.1, -0.05) is 20.8 Å². The standard InChI is InChI=1S/C19H35N5O2/c1-5-21-19(22-10-17(25)13-26-12-15(2)3)23-8-6-16(4)18(11-23)24-9-7-20-14-24/h7,9,14-18,25H,5-6,8,10-13H2,1-4H3,(H,21,22). The monoisotopic (exact) mass is 365 g/mol. The maximum absolute atomic E-state index is 10.1. The summed E-state index contributed by atoms with van der Waals surface area (Å²) in [4.78, 5) is 11.1. The van der Waals surface area contributed by atoms with Crippen LogP contribution in [-0.4, -0.2) is 71.0 Å². The quantitative estimate of drug-likeness (QED) is 0.542. The van der Waals surface area contributed by atoms with Crippen LogP contribution in [0.4, 0.5) is 0 Å². The maximum Gasteiger partial charge on any atom is 0.194 e. The molecule has 1 aliphatic heterocycles. The number of likely N-dealkylation sites (tertiary alicyclic amines) is 1. The van der Waals surface area contributed by atoms with E-state index in [1.165, 1.54) is 0 Å². The van der Waals surface area contributed by atoms with Crippen LogP contribution >= 0.6 is 0 Å². The summed E-state index contributed by atoms with van der Waals surface area (Å²) in [5.41, 5.74) is 0. The van der Waals surface area contributed by atoms with Crippen LogP contribution in [0.1, 0.15) is 40.2 Å². The Labute approximate surface area is 157 Å². The van der Waals surface area contributed by atoms with E-state index in [2.05, 4.69) is 52.5 Å². The van der Waals surface area contributed by atoms with Gasteiger partial charge in [-0.2, -0.15) is 0 Å². The molecule has 0 radical (unpaired) electrons. The van der Waals surface area contributed by atoms with Crippen molar-refractivity contribution in [1.29, 1.82) is 0 Å². The summed E-state index contributed by atoms with van der Waals surface area (Å²) in [5.74, 6) is 1.93. The number of nitrogens with one attached hydrogen (secondary N) is 1. The molecule has 0 aliphatic carbocycles. The number of nitrogens with zero attached hydrogens (tertiary/aromatic N) is 4. The molecule has 148 valence electrons. The third-order valence-corrected chi connectivity index (χ3v) is 4.67. The Bertz CT molecular complexity index is 532. The van der Waals surface area contributed by atoms with Gasteiger partial charge in [0.05, 0.1) is 31.6 Å². The zero-order valence-electron chi connectivity index (χ0n) is 16.6. The number of imidazole rings is 1.